The van der Waals surface area contributed by atoms with Gasteiger partial charge in [0, 0.05) is 0 Å². The van der Waals surface area contributed by atoms with Gasteiger partial charge >= 0.3 is 5.97 Å². The molecule has 0 saturated heterocycles. The number of allylic oxidation sites excluding steroid dienone is 2. The Bertz CT molecular complexity index is 446. The largest absolute Gasteiger partial charge is 0.519 e. The predicted octanol–water partition coefficient (Wildman–Crippen LogP) is 4.39. The molecule has 1 aliphatic rings. The fourth-order valence-corrected chi connectivity index (χ4v) is 2.99. The Labute approximate surface area is 135 Å². The molecule has 0 heterocycles. The van der Waals surface area contributed by atoms with E-state index in [9.17, 15) is 4.79 Å². The van der Waals surface area contributed by atoms with Crippen LogP contribution in [0, 0.1) is 5.92 Å². The van der Waals surface area contributed by atoms with Crippen molar-refractivity contribution in [1.29, 1.82) is 0 Å². The Morgan fingerprint density at radius 2 is 1.95 bits per heavy atom. The third kappa shape index (κ3) is 4.63. The van der Waals surface area contributed by atoms with Crippen LogP contribution < -0.4 is 0 Å². The maximum Gasteiger partial charge on any atom is 0.312 e. The highest BCUT2D eigenvalue weighted by Gasteiger charge is 2.40. The van der Waals surface area contributed by atoms with E-state index in [1.807, 2.05) is 25.2 Å². The number of rotatable bonds is 5. The van der Waals surface area contributed by atoms with Crippen molar-refractivity contribution >= 4 is 14.3 Å². The lowest BCUT2D eigenvalue weighted by atomic mass is 9.91. The lowest BCUT2D eigenvalue weighted by Gasteiger charge is -2.38. The maximum atomic E-state index is 11.9. The van der Waals surface area contributed by atoms with Gasteiger partial charge in [-0.25, -0.2) is 0 Å². The number of esters is 1. The summed E-state index contributed by atoms with van der Waals surface area (Å²) >= 11 is 0. The minimum Gasteiger partial charge on any atom is -0.519 e. The summed E-state index contributed by atoms with van der Waals surface area (Å²) in [5.74, 6) is 0.0159. The summed E-state index contributed by atoms with van der Waals surface area (Å²) in [7, 11) is -0.547. The smallest absolute Gasteiger partial charge is 0.312 e. The zero-order valence-electron chi connectivity index (χ0n) is 14.9. The standard InChI is InChI=1S/C17H30O4Si/c1-8-15(21-22(6,7)17(2,3)4)20-14-12-10-9-11-13(14)16(18)19-5/h8,10,12-14H,9,11H2,1-7H3/b15-8+/t13-,14+/m1/s1. The minimum absolute atomic E-state index is 0.0920. The Hall–Kier alpha value is -1.23. The number of carbonyl (C=O) groups is 1. The lowest BCUT2D eigenvalue weighted by Crippen LogP contribution is -2.41. The number of ether oxygens (including phenoxy) is 2. The molecule has 1 aliphatic carbocycles. The van der Waals surface area contributed by atoms with E-state index in [4.69, 9.17) is 13.9 Å². The fourth-order valence-electron chi connectivity index (χ4n) is 2.02. The molecule has 0 aliphatic heterocycles. The van der Waals surface area contributed by atoms with E-state index in [0.717, 1.165) is 12.8 Å². The van der Waals surface area contributed by atoms with Crippen molar-refractivity contribution in [3.8, 4) is 0 Å². The van der Waals surface area contributed by atoms with E-state index in [-0.39, 0.29) is 23.0 Å². The van der Waals surface area contributed by atoms with E-state index in [1.165, 1.54) is 7.11 Å². The number of methoxy groups -OCH3 is 1. The summed E-state index contributed by atoms with van der Waals surface area (Å²) < 4.78 is 17.1. The predicted molar refractivity (Wildman–Crippen MR) is 90.8 cm³/mol. The van der Waals surface area contributed by atoms with Crippen molar-refractivity contribution in [3.63, 3.8) is 0 Å². The first-order chi connectivity index (χ1) is 10.1. The summed E-state index contributed by atoms with van der Waals surface area (Å²) in [6.07, 6.45) is 7.10. The van der Waals surface area contributed by atoms with Gasteiger partial charge < -0.3 is 13.9 Å². The molecule has 2 atom stereocenters. The van der Waals surface area contributed by atoms with Crippen LogP contribution in [0.3, 0.4) is 0 Å². The maximum absolute atomic E-state index is 11.9. The molecule has 0 fully saturated rings. The third-order valence-electron chi connectivity index (χ3n) is 4.52. The van der Waals surface area contributed by atoms with Crippen molar-refractivity contribution in [1.82, 2.24) is 0 Å². The van der Waals surface area contributed by atoms with E-state index >= 15 is 0 Å². The first-order valence-corrected chi connectivity index (χ1v) is 10.8. The second kappa shape index (κ2) is 7.35. The van der Waals surface area contributed by atoms with Crippen molar-refractivity contribution in [2.24, 2.45) is 5.92 Å². The van der Waals surface area contributed by atoms with E-state index < -0.39 is 8.32 Å². The van der Waals surface area contributed by atoms with Crippen molar-refractivity contribution in [2.75, 3.05) is 7.11 Å². The third-order valence-corrected chi connectivity index (χ3v) is 8.84. The van der Waals surface area contributed by atoms with Gasteiger partial charge in [0.1, 0.15) is 6.10 Å². The highest BCUT2D eigenvalue weighted by Crippen LogP contribution is 2.38. The van der Waals surface area contributed by atoms with Gasteiger partial charge in [-0.3, -0.25) is 4.79 Å². The Kier molecular flexibility index (Phi) is 6.29. The van der Waals surface area contributed by atoms with Crippen LogP contribution in [-0.4, -0.2) is 27.5 Å². The highest BCUT2D eigenvalue weighted by atomic mass is 28.4. The molecule has 0 radical (unpaired) electrons. The Balaban J connectivity index is 2.83. The van der Waals surface area contributed by atoms with E-state index in [0.29, 0.717) is 5.95 Å². The molecule has 0 aromatic rings. The minimum atomic E-state index is -1.96. The molecule has 0 saturated carbocycles. The summed E-state index contributed by atoms with van der Waals surface area (Å²) in [4.78, 5) is 11.9. The molecule has 126 valence electrons. The summed E-state index contributed by atoms with van der Waals surface area (Å²) in [6, 6.07) is 0. The molecule has 1 rings (SSSR count). The molecule has 5 heteroatoms. The Morgan fingerprint density at radius 1 is 1.32 bits per heavy atom. The molecule has 0 bridgehead atoms. The Morgan fingerprint density at radius 3 is 2.45 bits per heavy atom. The van der Waals surface area contributed by atoms with Crippen LogP contribution in [0.5, 0.6) is 0 Å². The molecule has 0 aromatic heterocycles. The summed E-state index contributed by atoms with van der Waals surface area (Å²) in [6.45, 7) is 12.8. The molecule has 0 aromatic carbocycles. The molecule has 0 N–H and O–H groups in total. The van der Waals surface area contributed by atoms with Gasteiger partial charge in [-0.1, -0.05) is 26.8 Å². The zero-order valence-corrected chi connectivity index (χ0v) is 15.9. The summed E-state index contributed by atoms with van der Waals surface area (Å²) in [5, 5.41) is 0.0920. The first kappa shape index (κ1) is 18.8. The average molecular weight is 327 g/mol. The van der Waals surface area contributed by atoms with Crippen molar-refractivity contribution in [2.45, 2.75) is 64.8 Å². The van der Waals surface area contributed by atoms with E-state index in [1.54, 1.807) is 0 Å². The van der Waals surface area contributed by atoms with Crippen LogP contribution in [0.15, 0.2) is 24.2 Å². The zero-order chi connectivity index (χ0) is 17.0. The SMILES string of the molecule is C/C=C(\O[C@H]1C=CCC[C@H]1C(=O)OC)O[Si](C)(C)C(C)(C)C. The molecule has 4 nitrogen and oxygen atoms in total. The molecule has 22 heavy (non-hydrogen) atoms. The topological polar surface area (TPSA) is 44.8 Å². The first-order valence-electron chi connectivity index (χ1n) is 7.89. The molecular formula is C17H30O4Si. The fraction of sp³-hybridized carbons (Fsp3) is 0.706. The van der Waals surface area contributed by atoms with Gasteiger partial charge in [-0.05, 0) is 50.0 Å². The van der Waals surface area contributed by atoms with Crippen LogP contribution in [-0.2, 0) is 18.7 Å². The van der Waals surface area contributed by atoms with Gasteiger partial charge in [0.25, 0.3) is 14.3 Å². The van der Waals surface area contributed by atoms with Crippen LogP contribution >= 0.6 is 0 Å². The second-order valence-electron chi connectivity index (χ2n) is 7.19. The van der Waals surface area contributed by atoms with Gasteiger partial charge in [0.15, 0.2) is 0 Å². The van der Waals surface area contributed by atoms with Crippen molar-refractivity contribution in [3.05, 3.63) is 24.2 Å². The van der Waals surface area contributed by atoms with Crippen LogP contribution in [0.2, 0.25) is 18.1 Å². The lowest BCUT2D eigenvalue weighted by molar-refractivity contribution is -0.150. The van der Waals surface area contributed by atoms with Gasteiger partial charge in [-0.15, -0.1) is 0 Å². The molecule has 0 unspecified atom stereocenters. The monoisotopic (exact) mass is 326 g/mol. The number of hydrogen-bond acceptors (Lipinski definition) is 4. The molecule has 0 amide bonds. The number of carbonyl (C=O) groups excluding carboxylic acids is 1. The quantitative estimate of drug-likeness (QED) is 0.325. The highest BCUT2D eigenvalue weighted by molar-refractivity contribution is 6.74. The van der Waals surface area contributed by atoms with Crippen LogP contribution in [0.4, 0.5) is 0 Å². The van der Waals surface area contributed by atoms with Crippen LogP contribution in [0.25, 0.3) is 0 Å². The van der Waals surface area contributed by atoms with Gasteiger partial charge in [0.2, 0.25) is 0 Å². The normalized spacial score (nSPS) is 23.1. The van der Waals surface area contributed by atoms with Crippen molar-refractivity contribution < 1.29 is 18.7 Å². The van der Waals surface area contributed by atoms with Gasteiger partial charge in [0.05, 0.1) is 13.0 Å². The van der Waals surface area contributed by atoms with Gasteiger partial charge in [-0.2, -0.15) is 0 Å². The molecule has 0 spiro atoms. The number of hydrogen-bond donors (Lipinski definition) is 0. The molecular weight excluding hydrogens is 296 g/mol. The van der Waals surface area contributed by atoms with Crippen LogP contribution in [0.1, 0.15) is 40.5 Å². The summed E-state index contributed by atoms with van der Waals surface area (Å²) in [5.41, 5.74) is 0. The second-order valence-corrected chi connectivity index (χ2v) is 11.9. The average Bonchev–Trinajstić information content (AvgIpc) is 2.44. The van der Waals surface area contributed by atoms with E-state index in [2.05, 4.69) is 33.9 Å².